The number of nitrogens with one attached hydrogen (secondary N) is 1. The molecule has 1 saturated carbocycles. The van der Waals surface area contributed by atoms with Crippen molar-refractivity contribution in [1.82, 2.24) is 5.32 Å². The lowest BCUT2D eigenvalue weighted by Gasteiger charge is -2.24. The molecule has 1 aliphatic carbocycles. The molecule has 116 valence electrons. The Bertz CT molecular complexity index is 447. The molecule has 1 aromatic carbocycles. The van der Waals surface area contributed by atoms with Gasteiger partial charge in [-0.1, -0.05) is 38.8 Å². The zero-order chi connectivity index (χ0) is 15.2. The molecule has 0 bridgehead atoms. The van der Waals surface area contributed by atoms with Gasteiger partial charge in [0.2, 0.25) is 5.91 Å². The Morgan fingerprint density at radius 3 is 2.38 bits per heavy atom. The topological polar surface area (TPSA) is 38.3 Å². The van der Waals surface area contributed by atoms with Crippen LogP contribution in [0, 0.1) is 11.8 Å². The fourth-order valence-corrected chi connectivity index (χ4v) is 3.15. The summed E-state index contributed by atoms with van der Waals surface area (Å²) in [5.41, 5.74) is 1.11. The Hall–Kier alpha value is -1.51. The van der Waals surface area contributed by atoms with Gasteiger partial charge < -0.3 is 10.1 Å². The molecule has 1 fully saturated rings. The van der Waals surface area contributed by atoms with Crippen LogP contribution in [0.3, 0.4) is 0 Å². The highest BCUT2D eigenvalue weighted by Gasteiger charge is 2.31. The van der Waals surface area contributed by atoms with Crippen molar-refractivity contribution in [3.63, 3.8) is 0 Å². The van der Waals surface area contributed by atoms with Crippen LogP contribution in [0.25, 0.3) is 0 Å². The molecular formula is C18H27NO2. The third-order valence-electron chi connectivity index (χ3n) is 4.31. The van der Waals surface area contributed by atoms with Gasteiger partial charge in [0, 0.05) is 6.54 Å². The number of carbonyl (C=O) groups excluding carboxylic acids is 1. The average molecular weight is 289 g/mol. The number of hydrogen-bond donors (Lipinski definition) is 1. The lowest BCUT2D eigenvalue weighted by molar-refractivity contribution is -0.123. The second kappa shape index (κ2) is 7.48. The molecular weight excluding hydrogens is 262 g/mol. The van der Waals surface area contributed by atoms with Crippen molar-refractivity contribution >= 4 is 5.91 Å². The van der Waals surface area contributed by atoms with Crippen LogP contribution < -0.4 is 10.1 Å². The molecule has 0 heterocycles. The molecule has 1 atom stereocenters. The van der Waals surface area contributed by atoms with Gasteiger partial charge in [-0.3, -0.25) is 4.79 Å². The maximum Gasteiger partial charge on any atom is 0.227 e. The Labute approximate surface area is 128 Å². The Kier molecular flexibility index (Phi) is 5.66. The molecule has 2 rings (SSSR count). The van der Waals surface area contributed by atoms with E-state index in [9.17, 15) is 4.79 Å². The molecule has 0 aliphatic heterocycles. The average Bonchev–Trinajstić information content (AvgIpc) is 3.00. The van der Waals surface area contributed by atoms with E-state index < -0.39 is 0 Å². The first-order valence-corrected chi connectivity index (χ1v) is 8.03. The summed E-state index contributed by atoms with van der Waals surface area (Å²) in [6, 6.07) is 7.98. The molecule has 1 N–H and O–H groups in total. The third kappa shape index (κ3) is 4.23. The standard InChI is InChI=1S/C18H27NO2/c1-13(2)12-19-18(20)17(14-6-4-5-7-14)15-8-10-16(21-3)11-9-15/h8-11,13-14,17H,4-7,12H2,1-3H3,(H,19,20). The van der Waals surface area contributed by atoms with Gasteiger partial charge >= 0.3 is 0 Å². The minimum Gasteiger partial charge on any atom is -0.497 e. The normalized spacial score (nSPS) is 17.0. The van der Waals surface area contributed by atoms with Crippen molar-refractivity contribution in [2.75, 3.05) is 13.7 Å². The Morgan fingerprint density at radius 2 is 1.86 bits per heavy atom. The highest BCUT2D eigenvalue weighted by molar-refractivity contribution is 5.84. The van der Waals surface area contributed by atoms with Gasteiger partial charge in [-0.05, 0) is 42.4 Å². The molecule has 1 aromatic rings. The van der Waals surface area contributed by atoms with Gasteiger partial charge in [0.25, 0.3) is 0 Å². The van der Waals surface area contributed by atoms with E-state index in [0.717, 1.165) is 30.7 Å². The zero-order valence-corrected chi connectivity index (χ0v) is 13.4. The predicted molar refractivity (Wildman–Crippen MR) is 85.5 cm³/mol. The van der Waals surface area contributed by atoms with E-state index in [1.54, 1.807) is 7.11 Å². The summed E-state index contributed by atoms with van der Waals surface area (Å²) < 4.78 is 5.21. The highest BCUT2D eigenvalue weighted by Crippen LogP contribution is 2.38. The molecule has 3 heteroatoms. The van der Waals surface area contributed by atoms with Crippen molar-refractivity contribution in [1.29, 1.82) is 0 Å². The first-order valence-electron chi connectivity index (χ1n) is 8.03. The van der Waals surface area contributed by atoms with Gasteiger partial charge in [0.05, 0.1) is 13.0 Å². The van der Waals surface area contributed by atoms with Crippen molar-refractivity contribution in [3.8, 4) is 5.75 Å². The second-order valence-electron chi connectivity index (χ2n) is 6.43. The summed E-state index contributed by atoms with van der Waals surface area (Å²) in [4.78, 5) is 12.6. The monoisotopic (exact) mass is 289 g/mol. The number of benzene rings is 1. The van der Waals surface area contributed by atoms with Gasteiger partial charge in [0.15, 0.2) is 0 Å². The maximum absolute atomic E-state index is 12.6. The predicted octanol–water partition coefficient (Wildman–Crippen LogP) is 3.74. The lowest BCUT2D eigenvalue weighted by atomic mass is 9.84. The molecule has 0 spiro atoms. The van der Waals surface area contributed by atoms with Crippen LogP contribution in [-0.4, -0.2) is 19.6 Å². The lowest BCUT2D eigenvalue weighted by Crippen LogP contribution is -2.35. The summed E-state index contributed by atoms with van der Waals surface area (Å²) in [6.45, 7) is 4.99. The van der Waals surface area contributed by atoms with Gasteiger partial charge in [-0.15, -0.1) is 0 Å². The minimum atomic E-state index is -0.0165. The third-order valence-corrected chi connectivity index (χ3v) is 4.31. The second-order valence-corrected chi connectivity index (χ2v) is 6.43. The van der Waals surface area contributed by atoms with Crippen LogP contribution >= 0.6 is 0 Å². The van der Waals surface area contributed by atoms with E-state index >= 15 is 0 Å². The first-order chi connectivity index (χ1) is 10.1. The number of hydrogen-bond acceptors (Lipinski definition) is 2. The molecule has 0 radical (unpaired) electrons. The number of carbonyl (C=O) groups is 1. The van der Waals surface area contributed by atoms with E-state index in [-0.39, 0.29) is 11.8 Å². The summed E-state index contributed by atoms with van der Waals surface area (Å²) in [6.07, 6.45) is 4.81. The van der Waals surface area contributed by atoms with Crippen molar-refractivity contribution in [2.45, 2.75) is 45.4 Å². The molecule has 0 saturated heterocycles. The molecule has 1 aliphatic rings. The zero-order valence-electron chi connectivity index (χ0n) is 13.4. The van der Waals surface area contributed by atoms with Gasteiger partial charge in [0.1, 0.15) is 5.75 Å². The molecule has 21 heavy (non-hydrogen) atoms. The summed E-state index contributed by atoms with van der Waals surface area (Å²) in [5.74, 6) is 1.96. The van der Waals surface area contributed by atoms with Crippen molar-refractivity contribution < 1.29 is 9.53 Å². The van der Waals surface area contributed by atoms with Crippen LogP contribution in [0.1, 0.15) is 51.0 Å². The number of methoxy groups -OCH3 is 1. The SMILES string of the molecule is COc1ccc(C(C(=O)NCC(C)C)C2CCCC2)cc1. The van der Waals surface area contributed by atoms with Crippen LogP contribution in [-0.2, 0) is 4.79 Å². The largest absolute Gasteiger partial charge is 0.497 e. The fourth-order valence-electron chi connectivity index (χ4n) is 3.15. The van der Waals surface area contributed by atoms with Crippen LogP contribution in [0.5, 0.6) is 5.75 Å². The van der Waals surface area contributed by atoms with Crippen molar-refractivity contribution in [3.05, 3.63) is 29.8 Å². The molecule has 0 aromatic heterocycles. The summed E-state index contributed by atoms with van der Waals surface area (Å²) in [7, 11) is 1.67. The number of ether oxygens (including phenoxy) is 1. The van der Waals surface area contributed by atoms with E-state index in [1.165, 1.54) is 12.8 Å². The Morgan fingerprint density at radius 1 is 1.24 bits per heavy atom. The molecule has 1 amide bonds. The summed E-state index contributed by atoms with van der Waals surface area (Å²) >= 11 is 0. The van der Waals surface area contributed by atoms with E-state index in [4.69, 9.17) is 4.74 Å². The quantitative estimate of drug-likeness (QED) is 0.866. The highest BCUT2D eigenvalue weighted by atomic mass is 16.5. The summed E-state index contributed by atoms with van der Waals surface area (Å²) in [5, 5.41) is 3.12. The van der Waals surface area contributed by atoms with Crippen molar-refractivity contribution in [2.24, 2.45) is 11.8 Å². The van der Waals surface area contributed by atoms with Gasteiger partial charge in [-0.25, -0.2) is 0 Å². The number of rotatable bonds is 6. The fraction of sp³-hybridized carbons (Fsp3) is 0.611. The number of amides is 1. The molecule has 3 nitrogen and oxygen atoms in total. The Balaban J connectivity index is 2.15. The van der Waals surface area contributed by atoms with E-state index in [0.29, 0.717) is 11.8 Å². The maximum atomic E-state index is 12.6. The van der Waals surface area contributed by atoms with Crippen LogP contribution in [0.15, 0.2) is 24.3 Å². The van der Waals surface area contributed by atoms with Gasteiger partial charge in [-0.2, -0.15) is 0 Å². The van der Waals surface area contributed by atoms with E-state index in [1.807, 2.05) is 24.3 Å². The first kappa shape index (κ1) is 15.9. The molecule has 1 unspecified atom stereocenters. The minimum absolute atomic E-state index is 0.0165. The smallest absolute Gasteiger partial charge is 0.227 e. The van der Waals surface area contributed by atoms with Crippen LogP contribution in [0.2, 0.25) is 0 Å². The van der Waals surface area contributed by atoms with Crippen LogP contribution in [0.4, 0.5) is 0 Å². The van der Waals surface area contributed by atoms with E-state index in [2.05, 4.69) is 19.2 Å².